The van der Waals surface area contributed by atoms with Crippen molar-refractivity contribution in [2.24, 2.45) is 0 Å². The van der Waals surface area contributed by atoms with Gasteiger partial charge in [-0.15, -0.1) is 0 Å². The summed E-state index contributed by atoms with van der Waals surface area (Å²) in [7, 11) is 0. The van der Waals surface area contributed by atoms with Crippen molar-refractivity contribution in [2.75, 3.05) is 24.7 Å². The molecule has 0 N–H and O–H groups in total. The molecule has 0 spiro atoms. The van der Waals surface area contributed by atoms with E-state index in [2.05, 4.69) is 11.8 Å². The van der Waals surface area contributed by atoms with Gasteiger partial charge in [-0.2, -0.15) is 0 Å². The van der Waals surface area contributed by atoms with Gasteiger partial charge in [-0.1, -0.05) is 0 Å². The maximum absolute atomic E-state index is 13.5. The Morgan fingerprint density at radius 2 is 1.93 bits per heavy atom. The van der Waals surface area contributed by atoms with Gasteiger partial charge in [0.25, 0.3) is 0 Å². The smallest absolute Gasteiger partial charge is 0.338 e. The molecule has 1 saturated heterocycles. The number of rotatable bonds is 4. The van der Waals surface area contributed by atoms with Crippen LogP contribution in [0.25, 0.3) is 22.3 Å². The average molecular weight is 409 g/mol. The predicted octanol–water partition coefficient (Wildman–Crippen LogP) is 4.23. The van der Waals surface area contributed by atoms with Gasteiger partial charge in [-0.05, 0) is 63.2 Å². The number of esters is 1. The van der Waals surface area contributed by atoms with Crippen molar-refractivity contribution in [2.45, 2.75) is 32.9 Å². The number of morpholine rings is 1. The molecule has 1 aliphatic rings. The number of aromatic nitrogens is 2. The first-order valence-electron chi connectivity index (χ1n) is 10.1. The molecule has 2 aromatic carbocycles. The molecule has 0 amide bonds. The van der Waals surface area contributed by atoms with E-state index < -0.39 is 5.97 Å². The normalized spacial score (nSPS) is 16.8. The topological polar surface area (TPSA) is 64.5 Å². The zero-order valence-electron chi connectivity index (χ0n) is 17.3. The van der Waals surface area contributed by atoms with Gasteiger partial charge < -0.3 is 14.4 Å². The molecule has 0 radical (unpaired) electrons. The Hall–Kier alpha value is -3.06. The summed E-state index contributed by atoms with van der Waals surface area (Å²) in [5.41, 5.74) is 3.14. The number of fused-ring (bicyclic) bond motifs is 1. The third-order valence-electron chi connectivity index (χ3n) is 4.98. The number of nitrogens with zero attached hydrogens (tertiary/aromatic N) is 3. The van der Waals surface area contributed by atoms with Gasteiger partial charge >= 0.3 is 5.97 Å². The first-order chi connectivity index (χ1) is 14.4. The monoisotopic (exact) mass is 409 g/mol. The molecule has 1 atom stereocenters. The first-order valence-corrected chi connectivity index (χ1v) is 10.1. The predicted molar refractivity (Wildman–Crippen MR) is 113 cm³/mol. The van der Waals surface area contributed by atoms with E-state index in [0.717, 1.165) is 5.56 Å². The third kappa shape index (κ3) is 4.11. The Bertz CT molecular complexity index is 1070. The van der Waals surface area contributed by atoms with Crippen LogP contribution in [0, 0.1) is 5.82 Å². The van der Waals surface area contributed by atoms with Crippen molar-refractivity contribution in [3.05, 3.63) is 53.8 Å². The standard InChI is InChI=1S/C23H24FN3O3/c1-14(2)30-23(28)17-6-9-19-20(12-17)26-22(27-10-11-29-13-15(27)3)21(25-19)16-4-7-18(24)8-5-16/h4-9,12,14-15H,10-11,13H2,1-3H3/t15-/m0/s1. The third-order valence-corrected chi connectivity index (χ3v) is 4.98. The number of anilines is 1. The Morgan fingerprint density at radius 3 is 2.63 bits per heavy atom. The van der Waals surface area contributed by atoms with Gasteiger partial charge in [0.2, 0.25) is 0 Å². The lowest BCUT2D eigenvalue weighted by Gasteiger charge is -2.35. The van der Waals surface area contributed by atoms with Crippen molar-refractivity contribution < 1.29 is 18.7 Å². The van der Waals surface area contributed by atoms with Crippen LogP contribution in [0.15, 0.2) is 42.5 Å². The van der Waals surface area contributed by atoms with E-state index in [1.165, 1.54) is 12.1 Å². The molecule has 0 saturated carbocycles. The van der Waals surface area contributed by atoms with Gasteiger partial charge in [-0.3, -0.25) is 0 Å². The fourth-order valence-electron chi connectivity index (χ4n) is 3.50. The van der Waals surface area contributed by atoms with Crippen LogP contribution in [-0.4, -0.2) is 47.8 Å². The fraction of sp³-hybridized carbons (Fsp3) is 0.348. The van der Waals surface area contributed by atoms with Crippen LogP contribution in [0.5, 0.6) is 0 Å². The summed E-state index contributed by atoms with van der Waals surface area (Å²) in [6.07, 6.45) is -0.204. The lowest BCUT2D eigenvalue weighted by molar-refractivity contribution is 0.0378. The van der Waals surface area contributed by atoms with Gasteiger partial charge in [0, 0.05) is 12.1 Å². The lowest BCUT2D eigenvalue weighted by atomic mass is 10.1. The van der Waals surface area contributed by atoms with Crippen LogP contribution in [0.1, 0.15) is 31.1 Å². The van der Waals surface area contributed by atoms with E-state index in [9.17, 15) is 9.18 Å². The summed E-state index contributed by atoms with van der Waals surface area (Å²) in [6.45, 7) is 7.54. The molecule has 30 heavy (non-hydrogen) atoms. The molecule has 1 fully saturated rings. The van der Waals surface area contributed by atoms with Crippen molar-refractivity contribution in [1.82, 2.24) is 9.97 Å². The average Bonchev–Trinajstić information content (AvgIpc) is 2.73. The maximum atomic E-state index is 13.5. The second-order valence-electron chi connectivity index (χ2n) is 7.68. The molecule has 0 unspecified atom stereocenters. The van der Waals surface area contributed by atoms with E-state index in [1.54, 1.807) is 30.3 Å². The second kappa shape index (κ2) is 8.36. The molecule has 7 heteroatoms. The molecule has 4 rings (SSSR count). The number of carbonyl (C=O) groups is 1. The molecule has 156 valence electrons. The SMILES string of the molecule is CC(C)OC(=O)c1ccc2nc(-c3ccc(F)cc3)c(N3CCOC[C@@H]3C)nc2c1. The highest BCUT2D eigenvalue weighted by molar-refractivity contribution is 5.94. The number of carbonyl (C=O) groups excluding carboxylic acids is 1. The Morgan fingerprint density at radius 1 is 1.17 bits per heavy atom. The molecule has 1 aromatic heterocycles. The quantitative estimate of drug-likeness (QED) is 0.601. The number of hydrogen-bond acceptors (Lipinski definition) is 6. The zero-order valence-corrected chi connectivity index (χ0v) is 17.3. The highest BCUT2D eigenvalue weighted by Gasteiger charge is 2.25. The number of ether oxygens (including phenoxy) is 2. The Labute approximate surface area is 174 Å². The maximum Gasteiger partial charge on any atom is 0.338 e. The van der Waals surface area contributed by atoms with Crippen LogP contribution < -0.4 is 4.90 Å². The van der Waals surface area contributed by atoms with Crippen molar-refractivity contribution >= 4 is 22.8 Å². The second-order valence-corrected chi connectivity index (χ2v) is 7.68. The van der Waals surface area contributed by atoms with Crippen molar-refractivity contribution in [3.8, 4) is 11.3 Å². The van der Waals surface area contributed by atoms with Crippen LogP contribution in [0.3, 0.4) is 0 Å². The molecule has 1 aliphatic heterocycles. The van der Waals surface area contributed by atoms with E-state index >= 15 is 0 Å². The lowest BCUT2D eigenvalue weighted by Crippen LogP contribution is -2.44. The van der Waals surface area contributed by atoms with E-state index in [-0.39, 0.29) is 18.0 Å². The van der Waals surface area contributed by atoms with Crippen LogP contribution >= 0.6 is 0 Å². The molecule has 2 heterocycles. The van der Waals surface area contributed by atoms with E-state index in [0.29, 0.717) is 47.9 Å². The van der Waals surface area contributed by atoms with Crippen LogP contribution in [-0.2, 0) is 9.47 Å². The summed E-state index contributed by atoms with van der Waals surface area (Å²) < 4.78 is 24.3. The number of benzene rings is 2. The van der Waals surface area contributed by atoms with Crippen molar-refractivity contribution in [1.29, 1.82) is 0 Å². The molecule has 0 aliphatic carbocycles. The largest absolute Gasteiger partial charge is 0.459 e. The minimum Gasteiger partial charge on any atom is -0.459 e. The molecule has 3 aromatic rings. The minimum absolute atomic E-state index is 0.110. The highest BCUT2D eigenvalue weighted by atomic mass is 19.1. The molecule has 0 bridgehead atoms. The van der Waals surface area contributed by atoms with Gasteiger partial charge in [0.15, 0.2) is 5.82 Å². The summed E-state index contributed by atoms with van der Waals surface area (Å²) >= 11 is 0. The van der Waals surface area contributed by atoms with E-state index in [4.69, 9.17) is 19.4 Å². The molecular formula is C23H24FN3O3. The van der Waals surface area contributed by atoms with Gasteiger partial charge in [0.1, 0.15) is 11.5 Å². The summed E-state index contributed by atoms with van der Waals surface area (Å²) in [5, 5.41) is 0. The summed E-state index contributed by atoms with van der Waals surface area (Å²) in [6, 6.07) is 11.5. The number of halogens is 1. The zero-order chi connectivity index (χ0) is 21.3. The summed E-state index contributed by atoms with van der Waals surface area (Å²) in [5.74, 6) is -0.000942. The van der Waals surface area contributed by atoms with Crippen LogP contribution in [0.4, 0.5) is 10.2 Å². The highest BCUT2D eigenvalue weighted by Crippen LogP contribution is 2.32. The minimum atomic E-state index is -0.391. The molecule has 6 nitrogen and oxygen atoms in total. The Kier molecular flexibility index (Phi) is 5.63. The van der Waals surface area contributed by atoms with Gasteiger partial charge in [0.05, 0.1) is 42.0 Å². The van der Waals surface area contributed by atoms with E-state index in [1.807, 2.05) is 13.8 Å². The first kappa shape index (κ1) is 20.2. The summed E-state index contributed by atoms with van der Waals surface area (Å²) in [4.78, 5) is 24.2. The molecular weight excluding hydrogens is 385 g/mol. The van der Waals surface area contributed by atoms with Crippen molar-refractivity contribution in [3.63, 3.8) is 0 Å². The van der Waals surface area contributed by atoms with Gasteiger partial charge in [-0.25, -0.2) is 19.2 Å². The number of hydrogen-bond donors (Lipinski definition) is 0. The Balaban J connectivity index is 1.85. The van der Waals surface area contributed by atoms with Crippen LogP contribution in [0.2, 0.25) is 0 Å². The fourth-order valence-corrected chi connectivity index (χ4v) is 3.50.